The van der Waals surface area contributed by atoms with Gasteiger partial charge in [-0.25, -0.2) is 19.0 Å². The topological polar surface area (TPSA) is 137 Å². The van der Waals surface area contributed by atoms with Gasteiger partial charge in [-0.05, 0) is 30.2 Å². The molecule has 10 nitrogen and oxygen atoms in total. The molecule has 3 rings (SSSR count). The summed E-state index contributed by atoms with van der Waals surface area (Å²) in [5, 5.41) is 33.1. The number of anilines is 2. The number of aliphatic hydroxyl groups is 2. The summed E-state index contributed by atoms with van der Waals surface area (Å²) < 4.78 is 15.2. The summed E-state index contributed by atoms with van der Waals surface area (Å²) in [6.07, 6.45) is 1.66. The SMILES string of the molecule is CC(C)c1nc(N(C)c2ncnn2C)nc(-c2ccc(F)cc2)c1/C=C/[C@@H](O)C[C@@H](O)CC(=O)O. The van der Waals surface area contributed by atoms with E-state index in [2.05, 4.69) is 10.1 Å². The van der Waals surface area contributed by atoms with E-state index in [1.165, 1.54) is 24.5 Å². The van der Waals surface area contributed by atoms with Gasteiger partial charge in [-0.1, -0.05) is 26.0 Å². The number of benzene rings is 1. The number of hydrogen-bond donors (Lipinski definition) is 3. The molecule has 186 valence electrons. The number of aryl methyl sites for hydroxylation is 1. The Morgan fingerprint density at radius 2 is 1.89 bits per heavy atom. The van der Waals surface area contributed by atoms with E-state index >= 15 is 0 Å². The minimum atomic E-state index is -1.19. The number of carbonyl (C=O) groups is 1. The zero-order valence-corrected chi connectivity index (χ0v) is 20.0. The maximum absolute atomic E-state index is 13.6. The first-order chi connectivity index (χ1) is 16.6. The molecule has 0 aliphatic heterocycles. The van der Waals surface area contributed by atoms with Crippen molar-refractivity contribution in [1.82, 2.24) is 24.7 Å². The second kappa shape index (κ2) is 11.2. The predicted octanol–water partition coefficient (Wildman–Crippen LogP) is 2.90. The van der Waals surface area contributed by atoms with Crippen molar-refractivity contribution < 1.29 is 24.5 Å². The number of carboxylic acids is 1. The Balaban J connectivity index is 2.09. The van der Waals surface area contributed by atoms with Gasteiger partial charge >= 0.3 is 5.97 Å². The van der Waals surface area contributed by atoms with Gasteiger partial charge in [0, 0.05) is 31.6 Å². The highest BCUT2D eigenvalue weighted by Crippen LogP contribution is 2.32. The van der Waals surface area contributed by atoms with Crippen LogP contribution in [0, 0.1) is 5.82 Å². The molecule has 2 atom stereocenters. The van der Waals surface area contributed by atoms with E-state index in [1.807, 2.05) is 13.8 Å². The highest BCUT2D eigenvalue weighted by atomic mass is 19.1. The molecule has 2 aromatic heterocycles. The summed E-state index contributed by atoms with van der Waals surface area (Å²) in [6.45, 7) is 3.93. The number of rotatable bonds is 10. The maximum atomic E-state index is 13.6. The molecule has 0 aliphatic carbocycles. The molecule has 0 bridgehead atoms. The van der Waals surface area contributed by atoms with Crippen LogP contribution in [0.1, 0.15) is 43.9 Å². The summed E-state index contributed by atoms with van der Waals surface area (Å²) in [5.41, 5.74) is 2.46. The van der Waals surface area contributed by atoms with E-state index in [0.29, 0.717) is 34.4 Å². The van der Waals surface area contributed by atoms with Gasteiger partial charge in [0.05, 0.1) is 30.0 Å². The number of hydrogen-bond acceptors (Lipinski definition) is 8. The van der Waals surface area contributed by atoms with Crippen molar-refractivity contribution in [2.75, 3.05) is 11.9 Å². The third-order valence-corrected chi connectivity index (χ3v) is 5.32. The van der Waals surface area contributed by atoms with Crippen molar-refractivity contribution >= 4 is 23.9 Å². The fourth-order valence-electron chi connectivity index (χ4n) is 3.59. The summed E-state index contributed by atoms with van der Waals surface area (Å²) in [4.78, 5) is 26.2. The molecule has 0 fully saturated rings. The van der Waals surface area contributed by atoms with Gasteiger partial charge < -0.3 is 15.3 Å². The minimum absolute atomic E-state index is 0.0433. The fourth-order valence-corrected chi connectivity index (χ4v) is 3.59. The van der Waals surface area contributed by atoms with Crippen LogP contribution >= 0.6 is 0 Å². The van der Waals surface area contributed by atoms with Crippen LogP contribution in [0.4, 0.5) is 16.3 Å². The quantitative estimate of drug-likeness (QED) is 0.396. The number of aliphatic hydroxyl groups excluding tert-OH is 2. The second-order valence-corrected chi connectivity index (χ2v) is 8.49. The Kier molecular flexibility index (Phi) is 8.26. The van der Waals surface area contributed by atoms with Gasteiger partial charge in [0.25, 0.3) is 0 Å². The third-order valence-electron chi connectivity index (χ3n) is 5.32. The number of aliphatic carboxylic acids is 1. The normalized spacial score (nSPS) is 13.4. The molecule has 0 saturated heterocycles. The van der Waals surface area contributed by atoms with Crippen LogP contribution in [-0.4, -0.2) is 65.3 Å². The average molecular weight is 485 g/mol. The monoisotopic (exact) mass is 484 g/mol. The van der Waals surface area contributed by atoms with Crippen molar-refractivity contribution in [3.63, 3.8) is 0 Å². The molecule has 3 N–H and O–H groups in total. The third kappa shape index (κ3) is 6.46. The van der Waals surface area contributed by atoms with Crippen LogP contribution in [0.2, 0.25) is 0 Å². The second-order valence-electron chi connectivity index (χ2n) is 8.49. The van der Waals surface area contributed by atoms with Crippen LogP contribution in [0.5, 0.6) is 0 Å². The van der Waals surface area contributed by atoms with Gasteiger partial charge in [-0.2, -0.15) is 10.1 Å². The molecule has 11 heteroatoms. The number of carboxylic acid groups (broad SMARTS) is 1. The minimum Gasteiger partial charge on any atom is -0.481 e. The lowest BCUT2D eigenvalue weighted by Crippen LogP contribution is -2.20. The van der Waals surface area contributed by atoms with Crippen LogP contribution < -0.4 is 4.90 Å². The lowest BCUT2D eigenvalue weighted by atomic mass is 9.97. The molecule has 0 unspecified atom stereocenters. The molecule has 35 heavy (non-hydrogen) atoms. The maximum Gasteiger partial charge on any atom is 0.305 e. The van der Waals surface area contributed by atoms with E-state index in [0.717, 1.165) is 0 Å². The number of halogens is 1. The molecule has 0 radical (unpaired) electrons. The first-order valence-corrected chi connectivity index (χ1v) is 11.1. The van der Waals surface area contributed by atoms with Crippen molar-refractivity contribution in [3.8, 4) is 11.3 Å². The standard InChI is InChI=1S/C24H29FN6O4/c1-14(2)21-19(10-9-17(32)11-18(33)12-20(34)35)22(15-5-7-16(25)8-6-15)29-23(28-21)30(3)24-26-13-27-31(24)4/h5-10,13-14,17-18,32-33H,11-12H2,1-4H3,(H,34,35)/b10-9+/t17-,18-/m1/s1. The van der Waals surface area contributed by atoms with Crippen LogP contribution in [-0.2, 0) is 11.8 Å². The Hall–Kier alpha value is -3.70. The van der Waals surface area contributed by atoms with Gasteiger partial charge in [0.15, 0.2) is 0 Å². The smallest absolute Gasteiger partial charge is 0.305 e. The molecule has 0 spiro atoms. The van der Waals surface area contributed by atoms with Gasteiger partial charge in [0.2, 0.25) is 11.9 Å². The summed E-state index contributed by atoms with van der Waals surface area (Å²) in [6, 6.07) is 5.89. The molecule has 2 heterocycles. The first-order valence-electron chi connectivity index (χ1n) is 11.1. The summed E-state index contributed by atoms with van der Waals surface area (Å²) >= 11 is 0. The van der Waals surface area contributed by atoms with Crippen LogP contribution in [0.3, 0.4) is 0 Å². The van der Waals surface area contributed by atoms with Crippen molar-refractivity contribution in [2.24, 2.45) is 7.05 Å². The van der Waals surface area contributed by atoms with Crippen molar-refractivity contribution in [3.05, 3.63) is 53.7 Å². The number of nitrogens with zero attached hydrogens (tertiary/aromatic N) is 6. The van der Waals surface area contributed by atoms with Gasteiger partial charge in [0.1, 0.15) is 12.1 Å². The Bertz CT molecular complexity index is 1200. The van der Waals surface area contributed by atoms with E-state index in [1.54, 1.807) is 41.9 Å². The molecular formula is C24H29FN6O4. The highest BCUT2D eigenvalue weighted by molar-refractivity contribution is 5.75. The molecule has 0 saturated carbocycles. The number of aromatic nitrogens is 5. The Morgan fingerprint density at radius 1 is 1.20 bits per heavy atom. The summed E-state index contributed by atoms with van der Waals surface area (Å²) in [7, 11) is 3.52. The predicted molar refractivity (Wildman–Crippen MR) is 128 cm³/mol. The lowest BCUT2D eigenvalue weighted by molar-refractivity contribution is -0.139. The lowest BCUT2D eigenvalue weighted by Gasteiger charge is -2.21. The average Bonchev–Trinajstić information content (AvgIpc) is 3.22. The van der Waals surface area contributed by atoms with Crippen molar-refractivity contribution in [2.45, 2.75) is 44.8 Å². The molecule has 1 aromatic carbocycles. The Morgan fingerprint density at radius 3 is 2.46 bits per heavy atom. The highest BCUT2D eigenvalue weighted by Gasteiger charge is 2.21. The van der Waals surface area contributed by atoms with E-state index in [-0.39, 0.29) is 18.2 Å². The zero-order valence-electron chi connectivity index (χ0n) is 20.0. The van der Waals surface area contributed by atoms with Crippen LogP contribution in [0.25, 0.3) is 17.3 Å². The van der Waals surface area contributed by atoms with Gasteiger partial charge in [-0.15, -0.1) is 0 Å². The van der Waals surface area contributed by atoms with Crippen molar-refractivity contribution in [1.29, 1.82) is 0 Å². The zero-order chi connectivity index (χ0) is 25.7. The van der Waals surface area contributed by atoms with E-state index in [9.17, 15) is 19.4 Å². The molecule has 0 amide bonds. The van der Waals surface area contributed by atoms with Gasteiger partial charge in [-0.3, -0.25) is 9.69 Å². The van der Waals surface area contributed by atoms with E-state index < -0.39 is 24.6 Å². The molecule has 3 aromatic rings. The largest absolute Gasteiger partial charge is 0.481 e. The summed E-state index contributed by atoms with van der Waals surface area (Å²) in [5.74, 6) is -0.693. The fraction of sp³-hybridized carbons (Fsp3) is 0.375. The molecule has 0 aliphatic rings. The first kappa shape index (κ1) is 25.9. The van der Waals surface area contributed by atoms with Crippen LogP contribution in [0.15, 0.2) is 36.7 Å². The van der Waals surface area contributed by atoms with E-state index in [4.69, 9.17) is 15.1 Å². The Labute approximate surface area is 202 Å². The molecular weight excluding hydrogens is 455 g/mol.